The van der Waals surface area contributed by atoms with Crippen LogP contribution in [0.5, 0.6) is 0 Å². The average Bonchev–Trinajstić information content (AvgIpc) is 2.81. The number of nitrogens with two attached hydrogens (primary N) is 1. The van der Waals surface area contributed by atoms with Gasteiger partial charge in [0.1, 0.15) is 5.82 Å². The van der Waals surface area contributed by atoms with E-state index < -0.39 is 0 Å². The summed E-state index contributed by atoms with van der Waals surface area (Å²) >= 11 is 3.36. The van der Waals surface area contributed by atoms with Gasteiger partial charge in [0.25, 0.3) is 0 Å². The maximum Gasteiger partial charge on any atom is 0.147 e. The van der Waals surface area contributed by atoms with Gasteiger partial charge in [0, 0.05) is 28.8 Å². The van der Waals surface area contributed by atoms with Gasteiger partial charge < -0.3 is 5.73 Å². The van der Waals surface area contributed by atoms with E-state index in [1.54, 1.807) is 29.2 Å². The molecule has 0 spiro atoms. The maximum absolute atomic E-state index is 14.0. The SMILES string of the molecule is CC(C)C(CN)c1cncn1-c1cc(Br)ccc1F. The third-order valence-corrected chi connectivity index (χ3v) is 3.77. The highest BCUT2D eigenvalue weighted by Crippen LogP contribution is 2.27. The number of imidazole rings is 1. The van der Waals surface area contributed by atoms with E-state index in [2.05, 4.69) is 34.8 Å². The van der Waals surface area contributed by atoms with Crippen LogP contribution in [-0.2, 0) is 0 Å². The molecule has 1 atom stereocenters. The van der Waals surface area contributed by atoms with Crippen LogP contribution in [0.1, 0.15) is 25.5 Å². The lowest BCUT2D eigenvalue weighted by Gasteiger charge is -2.21. The van der Waals surface area contributed by atoms with Crippen molar-refractivity contribution in [1.82, 2.24) is 9.55 Å². The Morgan fingerprint density at radius 1 is 1.42 bits per heavy atom. The fraction of sp³-hybridized carbons (Fsp3) is 0.357. The van der Waals surface area contributed by atoms with Gasteiger partial charge in [0.05, 0.1) is 12.0 Å². The largest absolute Gasteiger partial charge is 0.330 e. The van der Waals surface area contributed by atoms with Crippen molar-refractivity contribution in [1.29, 1.82) is 0 Å². The van der Waals surface area contributed by atoms with Crippen molar-refractivity contribution in [3.8, 4) is 5.69 Å². The molecule has 2 N–H and O–H groups in total. The summed E-state index contributed by atoms with van der Waals surface area (Å²) in [7, 11) is 0. The minimum atomic E-state index is -0.276. The first-order valence-electron chi connectivity index (χ1n) is 6.22. The van der Waals surface area contributed by atoms with E-state index in [4.69, 9.17) is 5.73 Å². The topological polar surface area (TPSA) is 43.8 Å². The summed E-state index contributed by atoms with van der Waals surface area (Å²) < 4.78 is 16.6. The molecule has 0 fully saturated rings. The lowest BCUT2D eigenvalue weighted by Crippen LogP contribution is -2.20. The molecule has 1 aromatic carbocycles. The second kappa shape index (κ2) is 5.84. The molecular weight excluding hydrogens is 309 g/mol. The van der Waals surface area contributed by atoms with Gasteiger partial charge in [-0.2, -0.15) is 0 Å². The highest BCUT2D eigenvalue weighted by molar-refractivity contribution is 9.10. The van der Waals surface area contributed by atoms with Crippen molar-refractivity contribution in [3.05, 3.63) is 46.7 Å². The van der Waals surface area contributed by atoms with Gasteiger partial charge >= 0.3 is 0 Å². The smallest absolute Gasteiger partial charge is 0.147 e. The lowest BCUT2D eigenvalue weighted by atomic mass is 9.93. The summed E-state index contributed by atoms with van der Waals surface area (Å²) in [6, 6.07) is 4.86. The molecule has 2 rings (SSSR count). The number of halogens is 2. The van der Waals surface area contributed by atoms with Gasteiger partial charge in [-0.3, -0.25) is 4.57 Å². The monoisotopic (exact) mass is 325 g/mol. The number of hydrogen-bond donors (Lipinski definition) is 1. The van der Waals surface area contributed by atoms with Crippen molar-refractivity contribution in [2.24, 2.45) is 11.7 Å². The summed E-state index contributed by atoms with van der Waals surface area (Å²) in [6.07, 6.45) is 3.39. The zero-order chi connectivity index (χ0) is 14.0. The Morgan fingerprint density at radius 2 is 2.16 bits per heavy atom. The minimum absolute atomic E-state index is 0.154. The van der Waals surface area contributed by atoms with Gasteiger partial charge in [-0.1, -0.05) is 29.8 Å². The van der Waals surface area contributed by atoms with Crippen LogP contribution in [0.3, 0.4) is 0 Å². The quantitative estimate of drug-likeness (QED) is 0.935. The molecule has 0 radical (unpaired) electrons. The Hall–Kier alpha value is -1.20. The molecule has 0 saturated carbocycles. The van der Waals surface area contributed by atoms with Crippen LogP contribution in [0.25, 0.3) is 5.69 Å². The molecule has 5 heteroatoms. The van der Waals surface area contributed by atoms with Gasteiger partial charge in [0.2, 0.25) is 0 Å². The Labute approximate surface area is 120 Å². The van der Waals surface area contributed by atoms with Crippen LogP contribution >= 0.6 is 15.9 Å². The molecule has 0 bridgehead atoms. The molecule has 0 amide bonds. The van der Waals surface area contributed by atoms with Crippen molar-refractivity contribution in [2.45, 2.75) is 19.8 Å². The maximum atomic E-state index is 14.0. The van der Waals surface area contributed by atoms with Crippen molar-refractivity contribution >= 4 is 15.9 Å². The zero-order valence-electron chi connectivity index (χ0n) is 11.0. The van der Waals surface area contributed by atoms with Gasteiger partial charge in [-0.15, -0.1) is 0 Å². The number of benzene rings is 1. The molecule has 1 unspecified atom stereocenters. The van der Waals surface area contributed by atoms with E-state index in [1.165, 1.54) is 6.07 Å². The van der Waals surface area contributed by atoms with Crippen LogP contribution in [0.2, 0.25) is 0 Å². The molecular formula is C14H17BrFN3. The summed E-state index contributed by atoms with van der Waals surface area (Å²) in [5, 5.41) is 0. The van der Waals surface area contributed by atoms with E-state index in [0.29, 0.717) is 18.2 Å². The Morgan fingerprint density at radius 3 is 2.79 bits per heavy atom. The first kappa shape index (κ1) is 14.2. The predicted molar refractivity (Wildman–Crippen MR) is 77.9 cm³/mol. The third-order valence-electron chi connectivity index (χ3n) is 3.27. The Balaban J connectivity index is 2.52. The summed E-state index contributed by atoms with van der Waals surface area (Å²) in [6.45, 7) is 4.72. The molecule has 3 nitrogen and oxygen atoms in total. The molecule has 1 heterocycles. The van der Waals surface area contributed by atoms with E-state index in [-0.39, 0.29) is 11.7 Å². The van der Waals surface area contributed by atoms with Crippen molar-refractivity contribution in [2.75, 3.05) is 6.54 Å². The van der Waals surface area contributed by atoms with Gasteiger partial charge in [-0.25, -0.2) is 9.37 Å². The molecule has 1 aromatic heterocycles. The molecule has 0 aliphatic carbocycles. The summed E-state index contributed by atoms with van der Waals surface area (Å²) in [5.74, 6) is 0.249. The fourth-order valence-electron chi connectivity index (χ4n) is 2.19. The van der Waals surface area contributed by atoms with Crippen LogP contribution in [0, 0.1) is 11.7 Å². The van der Waals surface area contributed by atoms with Gasteiger partial charge in [0.15, 0.2) is 0 Å². The Kier molecular flexibility index (Phi) is 4.37. The van der Waals surface area contributed by atoms with E-state index in [9.17, 15) is 4.39 Å². The molecule has 102 valence electrons. The number of rotatable bonds is 4. The minimum Gasteiger partial charge on any atom is -0.330 e. The number of aromatic nitrogens is 2. The average molecular weight is 326 g/mol. The molecule has 2 aromatic rings. The highest BCUT2D eigenvalue weighted by atomic mass is 79.9. The standard InChI is InChI=1S/C14H17BrFN3/c1-9(2)11(6-17)14-7-18-8-19(14)13-5-10(15)3-4-12(13)16/h3-5,7-9,11H,6,17H2,1-2H3. The van der Waals surface area contributed by atoms with Crippen LogP contribution < -0.4 is 5.73 Å². The normalized spacial score (nSPS) is 12.9. The summed E-state index contributed by atoms with van der Waals surface area (Å²) in [4.78, 5) is 4.15. The fourth-order valence-corrected chi connectivity index (χ4v) is 2.53. The lowest BCUT2D eigenvalue weighted by molar-refractivity contribution is 0.487. The number of nitrogens with zero attached hydrogens (tertiary/aromatic N) is 2. The molecule has 0 saturated heterocycles. The molecule has 0 aliphatic rings. The third kappa shape index (κ3) is 2.87. The first-order valence-corrected chi connectivity index (χ1v) is 7.01. The zero-order valence-corrected chi connectivity index (χ0v) is 12.6. The molecule has 19 heavy (non-hydrogen) atoms. The second-order valence-corrected chi connectivity index (χ2v) is 5.79. The van der Waals surface area contributed by atoms with E-state index >= 15 is 0 Å². The second-order valence-electron chi connectivity index (χ2n) is 4.87. The first-order chi connectivity index (χ1) is 9.04. The van der Waals surface area contributed by atoms with Crippen molar-refractivity contribution < 1.29 is 4.39 Å². The highest BCUT2D eigenvalue weighted by Gasteiger charge is 2.20. The van der Waals surface area contributed by atoms with Crippen LogP contribution in [0.4, 0.5) is 4.39 Å². The van der Waals surface area contributed by atoms with E-state index in [0.717, 1.165) is 10.2 Å². The predicted octanol–water partition coefficient (Wildman–Crippen LogP) is 3.47. The van der Waals surface area contributed by atoms with E-state index in [1.807, 2.05) is 0 Å². The number of hydrogen-bond acceptors (Lipinski definition) is 2. The van der Waals surface area contributed by atoms with Gasteiger partial charge in [-0.05, 0) is 24.1 Å². The molecule has 0 aliphatic heterocycles. The Bertz CT molecular complexity index is 566. The van der Waals surface area contributed by atoms with Crippen molar-refractivity contribution in [3.63, 3.8) is 0 Å². The van der Waals surface area contributed by atoms with Crippen LogP contribution in [0.15, 0.2) is 35.2 Å². The summed E-state index contributed by atoms with van der Waals surface area (Å²) in [5.41, 5.74) is 7.26. The van der Waals surface area contributed by atoms with Crippen LogP contribution in [-0.4, -0.2) is 16.1 Å².